The molecule has 1 saturated carbocycles. The van der Waals surface area contributed by atoms with Gasteiger partial charge in [-0.25, -0.2) is 4.79 Å². The van der Waals surface area contributed by atoms with Crippen molar-refractivity contribution in [1.82, 2.24) is 10.2 Å². The SMILES string of the molecule is CCN(CC(=O)O)C(=O)C1CCCCC1CNC(=O)OCC1c2ccccc2-c2ccccc21. The number of nitrogens with one attached hydrogen (secondary N) is 1. The van der Waals surface area contributed by atoms with E-state index in [9.17, 15) is 14.4 Å². The number of carboxylic acid groups (broad SMARTS) is 1. The number of nitrogens with zero attached hydrogens (tertiary/aromatic N) is 1. The molecule has 2 N–H and O–H groups in total. The molecule has 1 fully saturated rings. The second kappa shape index (κ2) is 10.7. The van der Waals surface area contributed by atoms with Crippen molar-refractivity contribution in [3.63, 3.8) is 0 Å². The van der Waals surface area contributed by atoms with Crippen molar-refractivity contribution in [1.29, 1.82) is 0 Å². The van der Waals surface area contributed by atoms with Gasteiger partial charge in [0.05, 0.1) is 0 Å². The van der Waals surface area contributed by atoms with E-state index in [0.717, 1.165) is 30.4 Å². The lowest BCUT2D eigenvalue weighted by atomic mass is 9.78. The molecule has 7 heteroatoms. The Labute approximate surface area is 200 Å². The van der Waals surface area contributed by atoms with E-state index in [1.807, 2.05) is 24.3 Å². The molecule has 4 rings (SSSR count). The van der Waals surface area contributed by atoms with E-state index in [4.69, 9.17) is 9.84 Å². The molecule has 0 saturated heterocycles. The summed E-state index contributed by atoms with van der Waals surface area (Å²) in [4.78, 5) is 38.1. The highest BCUT2D eigenvalue weighted by molar-refractivity contribution is 5.83. The Morgan fingerprint density at radius 3 is 2.24 bits per heavy atom. The van der Waals surface area contributed by atoms with E-state index in [1.54, 1.807) is 6.92 Å². The zero-order valence-corrected chi connectivity index (χ0v) is 19.5. The predicted molar refractivity (Wildman–Crippen MR) is 128 cm³/mol. The van der Waals surface area contributed by atoms with Crippen LogP contribution < -0.4 is 5.32 Å². The molecule has 0 aliphatic heterocycles. The molecule has 7 nitrogen and oxygen atoms in total. The average Bonchev–Trinajstić information content (AvgIpc) is 3.18. The normalized spacial score (nSPS) is 19.1. The molecule has 180 valence electrons. The van der Waals surface area contributed by atoms with Gasteiger partial charge in [0.1, 0.15) is 13.2 Å². The largest absolute Gasteiger partial charge is 0.480 e. The molecule has 2 atom stereocenters. The summed E-state index contributed by atoms with van der Waals surface area (Å²) < 4.78 is 5.62. The molecule has 0 spiro atoms. The van der Waals surface area contributed by atoms with Crippen LogP contribution in [0.25, 0.3) is 11.1 Å². The fraction of sp³-hybridized carbons (Fsp3) is 0.444. The third kappa shape index (κ3) is 5.08. The van der Waals surface area contributed by atoms with Crippen LogP contribution >= 0.6 is 0 Å². The van der Waals surface area contributed by atoms with E-state index >= 15 is 0 Å². The van der Waals surface area contributed by atoms with Crippen molar-refractivity contribution in [2.24, 2.45) is 11.8 Å². The highest BCUT2D eigenvalue weighted by Gasteiger charge is 2.34. The first kappa shape index (κ1) is 23.8. The number of amides is 2. The molecule has 2 amide bonds. The molecule has 2 aliphatic carbocycles. The lowest BCUT2D eigenvalue weighted by Gasteiger charge is -2.34. The van der Waals surface area contributed by atoms with E-state index in [-0.39, 0.29) is 36.8 Å². The molecule has 2 aromatic rings. The number of alkyl carbamates (subject to hydrolysis) is 1. The summed E-state index contributed by atoms with van der Waals surface area (Å²) in [6.07, 6.45) is 2.97. The summed E-state index contributed by atoms with van der Waals surface area (Å²) >= 11 is 0. The maximum atomic E-state index is 13.0. The van der Waals surface area contributed by atoms with Crippen molar-refractivity contribution in [2.45, 2.75) is 38.5 Å². The third-order valence-electron chi connectivity index (χ3n) is 7.10. The van der Waals surface area contributed by atoms with Gasteiger partial charge in [-0.2, -0.15) is 0 Å². The second-order valence-corrected chi connectivity index (χ2v) is 9.10. The number of carbonyl (C=O) groups excluding carboxylic acids is 2. The van der Waals surface area contributed by atoms with Crippen LogP contribution in [0.3, 0.4) is 0 Å². The molecule has 0 bridgehead atoms. The highest BCUT2D eigenvalue weighted by atomic mass is 16.5. The minimum Gasteiger partial charge on any atom is -0.480 e. The van der Waals surface area contributed by atoms with Crippen molar-refractivity contribution in [3.8, 4) is 11.1 Å². The summed E-state index contributed by atoms with van der Waals surface area (Å²) in [5, 5.41) is 12.0. The molecular weight excluding hydrogens is 432 g/mol. The van der Waals surface area contributed by atoms with Crippen molar-refractivity contribution < 1.29 is 24.2 Å². The van der Waals surface area contributed by atoms with E-state index in [1.165, 1.54) is 16.0 Å². The van der Waals surface area contributed by atoms with Crippen LogP contribution in [0.1, 0.15) is 49.7 Å². The summed E-state index contributed by atoms with van der Waals surface area (Å²) in [7, 11) is 0. The first-order chi connectivity index (χ1) is 16.5. The molecule has 34 heavy (non-hydrogen) atoms. The van der Waals surface area contributed by atoms with Crippen LogP contribution in [0.2, 0.25) is 0 Å². The maximum absolute atomic E-state index is 13.0. The van der Waals surface area contributed by atoms with E-state index in [0.29, 0.717) is 19.5 Å². The first-order valence-corrected chi connectivity index (χ1v) is 12.1. The molecule has 2 aromatic carbocycles. The van der Waals surface area contributed by atoms with Gasteiger partial charge in [0, 0.05) is 24.9 Å². The van der Waals surface area contributed by atoms with Crippen LogP contribution in [0, 0.1) is 11.8 Å². The Balaban J connectivity index is 1.34. The zero-order chi connectivity index (χ0) is 24.1. The summed E-state index contributed by atoms with van der Waals surface area (Å²) in [6, 6.07) is 16.4. The van der Waals surface area contributed by atoms with Gasteiger partial charge in [0.2, 0.25) is 5.91 Å². The van der Waals surface area contributed by atoms with Gasteiger partial charge in [-0.1, -0.05) is 61.4 Å². The van der Waals surface area contributed by atoms with Gasteiger partial charge in [-0.05, 0) is 47.9 Å². The predicted octanol–water partition coefficient (Wildman–Crippen LogP) is 4.26. The zero-order valence-electron chi connectivity index (χ0n) is 19.5. The number of carboxylic acids is 1. The van der Waals surface area contributed by atoms with Gasteiger partial charge in [-0.3, -0.25) is 9.59 Å². The molecule has 2 unspecified atom stereocenters. The minimum absolute atomic E-state index is 0.00344. The van der Waals surface area contributed by atoms with Crippen LogP contribution in [0.4, 0.5) is 4.79 Å². The van der Waals surface area contributed by atoms with Crippen LogP contribution in [0.15, 0.2) is 48.5 Å². The lowest BCUT2D eigenvalue weighted by Crippen LogP contribution is -2.45. The molecule has 0 radical (unpaired) electrons. The van der Waals surface area contributed by atoms with Gasteiger partial charge in [-0.15, -0.1) is 0 Å². The molecule has 0 aromatic heterocycles. The maximum Gasteiger partial charge on any atom is 0.407 e. The van der Waals surface area contributed by atoms with Gasteiger partial charge < -0.3 is 20.1 Å². The third-order valence-corrected chi connectivity index (χ3v) is 7.10. The molecular formula is C27H32N2O5. The number of carbonyl (C=O) groups is 3. The minimum atomic E-state index is -1.01. The van der Waals surface area contributed by atoms with Crippen molar-refractivity contribution >= 4 is 18.0 Å². The Bertz CT molecular complexity index is 1010. The molecule has 2 aliphatic rings. The van der Waals surface area contributed by atoms with E-state index in [2.05, 4.69) is 29.6 Å². The Kier molecular flexibility index (Phi) is 7.50. The van der Waals surface area contributed by atoms with Crippen molar-refractivity contribution in [3.05, 3.63) is 59.7 Å². The van der Waals surface area contributed by atoms with Gasteiger partial charge in [0.15, 0.2) is 0 Å². The number of rotatable bonds is 8. The number of benzene rings is 2. The summed E-state index contributed by atoms with van der Waals surface area (Å²) in [5.74, 6) is -1.45. The molecule has 0 heterocycles. The number of fused-ring (bicyclic) bond motifs is 3. The Hall–Kier alpha value is -3.35. The van der Waals surface area contributed by atoms with Gasteiger partial charge >= 0.3 is 12.1 Å². The quantitative estimate of drug-likeness (QED) is 0.608. The fourth-order valence-electron chi connectivity index (χ4n) is 5.38. The summed E-state index contributed by atoms with van der Waals surface area (Å²) in [5.41, 5.74) is 4.68. The van der Waals surface area contributed by atoms with Gasteiger partial charge in [0.25, 0.3) is 0 Å². The van der Waals surface area contributed by atoms with Crippen LogP contribution in [-0.4, -0.2) is 54.2 Å². The smallest absolute Gasteiger partial charge is 0.407 e. The number of hydrogen-bond donors (Lipinski definition) is 2. The second-order valence-electron chi connectivity index (χ2n) is 9.10. The number of ether oxygens (including phenoxy) is 1. The average molecular weight is 465 g/mol. The lowest BCUT2D eigenvalue weighted by molar-refractivity contribution is -0.147. The van der Waals surface area contributed by atoms with Crippen molar-refractivity contribution in [2.75, 3.05) is 26.2 Å². The number of likely N-dealkylation sites (N-methyl/N-ethyl adjacent to an activating group) is 1. The standard InChI is InChI=1S/C27H32N2O5/c1-2-29(16-25(30)31)26(32)19-10-4-3-9-18(19)15-28-27(33)34-17-24-22-13-7-5-11-20(22)21-12-6-8-14-23(21)24/h5-8,11-14,18-19,24H,2-4,9-10,15-17H2,1H3,(H,28,33)(H,30,31). The first-order valence-electron chi connectivity index (χ1n) is 12.1. The monoisotopic (exact) mass is 464 g/mol. The number of hydrogen-bond acceptors (Lipinski definition) is 4. The van der Waals surface area contributed by atoms with Crippen LogP contribution in [0.5, 0.6) is 0 Å². The Morgan fingerprint density at radius 2 is 1.62 bits per heavy atom. The van der Waals surface area contributed by atoms with Crippen LogP contribution in [-0.2, 0) is 14.3 Å². The summed E-state index contributed by atoms with van der Waals surface area (Å²) in [6.45, 7) is 2.44. The Morgan fingerprint density at radius 1 is 1.00 bits per heavy atom. The topological polar surface area (TPSA) is 95.9 Å². The highest BCUT2D eigenvalue weighted by Crippen LogP contribution is 2.44. The van der Waals surface area contributed by atoms with E-state index < -0.39 is 12.1 Å². The number of aliphatic carboxylic acids is 1. The fourth-order valence-corrected chi connectivity index (χ4v) is 5.38.